The monoisotopic (exact) mass is 802 g/mol. The number of imide groups is 2. The molecule has 1 atom stereocenters. The number of carbonyl (C=O) groups is 4. The van der Waals surface area contributed by atoms with E-state index in [1.54, 1.807) is 20.4 Å². The molecule has 1 unspecified atom stereocenters. The Morgan fingerprint density at radius 3 is 2.46 bits per heavy atom. The van der Waals surface area contributed by atoms with Gasteiger partial charge in [-0.05, 0) is 81.6 Å². The number of anilines is 5. The van der Waals surface area contributed by atoms with Crippen molar-refractivity contribution in [3.63, 3.8) is 0 Å². The molecule has 292 valence electrons. The summed E-state index contributed by atoms with van der Waals surface area (Å²) < 4.78 is 34.0. The molecule has 7 rings (SSSR count). The minimum Gasteiger partial charge on any atom is -0.494 e. The average molecular weight is 803 g/mol. The number of nitrogens with zero attached hydrogens (tertiary/aromatic N) is 5. The van der Waals surface area contributed by atoms with Crippen LogP contribution in [0.1, 0.15) is 52.0 Å². The van der Waals surface area contributed by atoms with Gasteiger partial charge in [0.05, 0.1) is 35.8 Å². The highest BCUT2D eigenvalue weighted by molar-refractivity contribution is 7.70. The van der Waals surface area contributed by atoms with Crippen molar-refractivity contribution in [3.05, 3.63) is 88.3 Å². The highest BCUT2D eigenvalue weighted by Crippen LogP contribution is 2.39. The number of piperidine rings is 2. The van der Waals surface area contributed by atoms with Crippen molar-refractivity contribution in [2.45, 2.75) is 44.3 Å². The molecule has 4 amide bonds. The van der Waals surface area contributed by atoms with Crippen LogP contribution in [-0.2, 0) is 20.7 Å². The number of benzene rings is 3. The highest BCUT2D eigenvalue weighted by Gasteiger charge is 2.46. The Morgan fingerprint density at radius 1 is 1.00 bits per heavy atom. The van der Waals surface area contributed by atoms with Crippen molar-refractivity contribution in [2.24, 2.45) is 0 Å². The molecule has 1 aromatic heterocycles. The number of aromatic nitrogens is 2. The van der Waals surface area contributed by atoms with E-state index in [9.17, 15) is 23.7 Å². The Labute approximate surface area is 328 Å². The Hall–Kier alpha value is -5.37. The predicted molar refractivity (Wildman–Crippen MR) is 212 cm³/mol. The van der Waals surface area contributed by atoms with Gasteiger partial charge in [-0.3, -0.25) is 34.3 Å². The van der Waals surface area contributed by atoms with Crippen molar-refractivity contribution < 1.29 is 32.9 Å². The second kappa shape index (κ2) is 15.6. The maximum absolute atomic E-state index is 15.4. The van der Waals surface area contributed by atoms with Crippen LogP contribution in [-0.4, -0.2) is 96.1 Å². The molecule has 2 fully saturated rings. The van der Waals surface area contributed by atoms with Crippen molar-refractivity contribution in [1.29, 1.82) is 0 Å². The quantitative estimate of drug-likeness (QED) is 0.129. The number of fused-ring (bicyclic) bond motifs is 1. The number of para-hydroxylation sites is 1. The summed E-state index contributed by atoms with van der Waals surface area (Å²) in [5, 5.41) is 9.57. The van der Waals surface area contributed by atoms with E-state index in [-0.39, 0.29) is 36.0 Å². The van der Waals surface area contributed by atoms with Crippen LogP contribution < -0.4 is 30.9 Å². The van der Waals surface area contributed by atoms with Crippen LogP contribution in [0, 0.1) is 5.82 Å². The predicted octanol–water partition coefficient (Wildman–Crippen LogP) is 5.51. The van der Waals surface area contributed by atoms with E-state index in [0.717, 1.165) is 36.5 Å². The Morgan fingerprint density at radius 2 is 1.75 bits per heavy atom. The fourth-order valence-corrected chi connectivity index (χ4v) is 8.76. The molecule has 56 heavy (non-hydrogen) atoms. The largest absolute Gasteiger partial charge is 0.494 e. The first-order valence-corrected chi connectivity index (χ1v) is 21.1. The Bertz CT molecular complexity index is 2300. The molecule has 3 aliphatic heterocycles. The van der Waals surface area contributed by atoms with Gasteiger partial charge in [-0.2, -0.15) is 4.98 Å². The van der Waals surface area contributed by atoms with Gasteiger partial charge in [0.1, 0.15) is 29.8 Å². The standard InChI is InChI=1S/C39H41ClFN8O6P/c1-47(21-22-17-25-34(27(41)18-22)38(53)49(37(25)52)30-11-12-33(50)45-36(30)51)23-13-15-48(16-14-23)24-9-10-28(31(19-24)55-2)44-39-42-20-26(40)35(46-39)43-29-7-5-6-8-32(29)56(3,4)54/h5-10,17-20,23,30H,11-16,21H2,1-4H3,(H,45,50,51)(H2,42,43,44,46). The molecule has 0 aliphatic carbocycles. The molecule has 0 bridgehead atoms. The lowest BCUT2D eigenvalue weighted by Gasteiger charge is -2.38. The van der Waals surface area contributed by atoms with Crippen LogP contribution in [0.4, 0.5) is 33.2 Å². The maximum Gasteiger partial charge on any atom is 0.265 e. The van der Waals surface area contributed by atoms with Gasteiger partial charge in [-0.15, -0.1) is 0 Å². The van der Waals surface area contributed by atoms with Gasteiger partial charge in [-0.1, -0.05) is 23.7 Å². The molecule has 0 spiro atoms. The second-order valence-electron chi connectivity index (χ2n) is 14.5. The summed E-state index contributed by atoms with van der Waals surface area (Å²) in [6.07, 6.45) is 3.10. The molecule has 3 aliphatic rings. The smallest absolute Gasteiger partial charge is 0.265 e. The lowest BCUT2D eigenvalue weighted by Crippen LogP contribution is -2.54. The number of methoxy groups -OCH3 is 1. The second-order valence-corrected chi connectivity index (χ2v) is 18.1. The summed E-state index contributed by atoms with van der Waals surface area (Å²) in [4.78, 5) is 64.5. The van der Waals surface area contributed by atoms with Crippen LogP contribution in [0.2, 0.25) is 5.02 Å². The number of carbonyl (C=O) groups excluding carboxylic acids is 4. The average Bonchev–Trinajstić information content (AvgIpc) is 3.41. The third-order valence-electron chi connectivity index (χ3n) is 10.4. The van der Waals surface area contributed by atoms with Gasteiger partial charge in [0.2, 0.25) is 17.8 Å². The molecular weight excluding hydrogens is 762 g/mol. The van der Waals surface area contributed by atoms with Gasteiger partial charge in [-0.25, -0.2) is 9.37 Å². The van der Waals surface area contributed by atoms with Crippen molar-refractivity contribution in [1.82, 2.24) is 25.1 Å². The number of amides is 4. The van der Waals surface area contributed by atoms with Gasteiger partial charge >= 0.3 is 0 Å². The Kier molecular flexibility index (Phi) is 10.9. The topological polar surface area (TPSA) is 166 Å². The van der Waals surface area contributed by atoms with Crippen LogP contribution in [0.3, 0.4) is 0 Å². The molecule has 4 heterocycles. The van der Waals surface area contributed by atoms with Crippen LogP contribution in [0.15, 0.2) is 60.8 Å². The molecule has 2 saturated heterocycles. The summed E-state index contributed by atoms with van der Waals surface area (Å²) >= 11 is 6.45. The third kappa shape index (κ3) is 7.84. The zero-order valence-corrected chi connectivity index (χ0v) is 32.9. The lowest BCUT2D eigenvalue weighted by atomic mass is 10.0. The van der Waals surface area contributed by atoms with E-state index >= 15 is 4.39 Å². The molecule has 14 nitrogen and oxygen atoms in total. The van der Waals surface area contributed by atoms with Gasteiger partial charge in [0.15, 0.2) is 5.82 Å². The first-order chi connectivity index (χ1) is 26.7. The normalized spacial score (nSPS) is 17.7. The van der Waals surface area contributed by atoms with E-state index in [4.69, 9.17) is 16.3 Å². The van der Waals surface area contributed by atoms with Crippen LogP contribution in [0.5, 0.6) is 5.75 Å². The minimum absolute atomic E-state index is 0.00150. The van der Waals surface area contributed by atoms with Crippen LogP contribution >= 0.6 is 18.7 Å². The number of ether oxygens (including phenoxy) is 1. The van der Waals surface area contributed by atoms with Crippen molar-refractivity contribution >= 4 is 76.5 Å². The summed E-state index contributed by atoms with van der Waals surface area (Å²) in [6, 6.07) is 15.0. The number of rotatable bonds is 11. The van der Waals surface area contributed by atoms with Crippen LogP contribution in [0.25, 0.3) is 0 Å². The number of halogens is 2. The SMILES string of the molecule is COc1cc(N2CCC(N(C)Cc3cc(F)c4c(c3)C(=O)N(C3CCC(=O)NC3=O)C4=O)CC2)ccc1Nc1ncc(Cl)c(Nc2ccccc2P(C)(C)=O)n1. The van der Waals surface area contributed by atoms with E-state index < -0.39 is 42.6 Å². The van der Waals surface area contributed by atoms with Gasteiger partial charge < -0.3 is 24.8 Å². The molecule has 4 aromatic rings. The number of nitrogens with one attached hydrogen (secondary N) is 3. The molecule has 3 aromatic carbocycles. The van der Waals surface area contributed by atoms with Gasteiger partial charge in [0, 0.05) is 49.2 Å². The van der Waals surface area contributed by atoms with E-state index in [0.29, 0.717) is 45.4 Å². The summed E-state index contributed by atoms with van der Waals surface area (Å²) in [5.74, 6) is -2.41. The fourth-order valence-electron chi connectivity index (χ4n) is 7.47. The molecule has 3 N–H and O–H groups in total. The van der Waals surface area contributed by atoms with E-state index in [2.05, 4.69) is 35.7 Å². The third-order valence-corrected chi connectivity index (χ3v) is 12.2. The first kappa shape index (κ1) is 38.9. The van der Waals surface area contributed by atoms with Crippen molar-refractivity contribution in [2.75, 3.05) is 56.1 Å². The highest BCUT2D eigenvalue weighted by atomic mass is 35.5. The molecular formula is C39H41ClFN8O6P. The number of hydrogen-bond acceptors (Lipinski definition) is 12. The lowest BCUT2D eigenvalue weighted by molar-refractivity contribution is -0.136. The summed E-state index contributed by atoms with van der Waals surface area (Å²) in [5.41, 5.74) is 2.38. The zero-order chi connectivity index (χ0) is 39.9. The zero-order valence-electron chi connectivity index (χ0n) is 31.3. The van der Waals surface area contributed by atoms with E-state index in [1.807, 2.05) is 49.5 Å². The first-order valence-electron chi connectivity index (χ1n) is 18.1. The maximum atomic E-state index is 15.4. The Balaban J connectivity index is 0.980. The van der Waals surface area contributed by atoms with E-state index in [1.165, 1.54) is 18.3 Å². The number of hydrogen-bond donors (Lipinski definition) is 3. The molecule has 17 heteroatoms. The summed E-state index contributed by atoms with van der Waals surface area (Å²) in [7, 11) is 0.955. The molecule has 0 radical (unpaired) electrons. The summed E-state index contributed by atoms with van der Waals surface area (Å²) in [6.45, 7) is 5.25. The minimum atomic E-state index is -2.58. The van der Waals surface area contributed by atoms with Gasteiger partial charge in [0.25, 0.3) is 11.8 Å². The molecule has 0 saturated carbocycles. The fraction of sp³-hybridized carbons (Fsp3) is 0.333. The van der Waals surface area contributed by atoms with Crippen molar-refractivity contribution in [3.8, 4) is 5.75 Å².